The first-order valence-electron chi connectivity index (χ1n) is 8.72. The minimum absolute atomic E-state index is 0.00495. The third-order valence-electron chi connectivity index (χ3n) is 4.66. The zero-order valence-corrected chi connectivity index (χ0v) is 17.3. The van der Waals surface area contributed by atoms with E-state index < -0.39 is 11.2 Å². The quantitative estimate of drug-likeness (QED) is 0.629. The highest BCUT2D eigenvalue weighted by Gasteiger charge is 2.21. The summed E-state index contributed by atoms with van der Waals surface area (Å²) in [6.45, 7) is 2.08. The second-order valence-electron chi connectivity index (χ2n) is 6.66. The lowest BCUT2D eigenvalue weighted by molar-refractivity contribution is 0.282. The smallest absolute Gasteiger partial charge is 0.332 e. The van der Waals surface area contributed by atoms with E-state index in [1.165, 1.54) is 11.6 Å². The first kappa shape index (κ1) is 20.4. The van der Waals surface area contributed by atoms with Gasteiger partial charge in [-0.25, -0.2) is 4.79 Å². The van der Waals surface area contributed by atoms with Gasteiger partial charge < -0.3 is 10.4 Å². The summed E-state index contributed by atoms with van der Waals surface area (Å²) in [5.41, 5.74) is 0.234. The standard InChI is InChI=1S/C18H21Cl2N5O3/c1-10(7-8-26)21-17-22-15-14(16(27)24(3)18(28)23(15)2)25(17)9-11-12(19)5-4-6-13(11)20/h4-6,10,26H,7-9H2,1-3H3,(H,21,22)/t10-/m1/s1. The van der Waals surface area contributed by atoms with Gasteiger partial charge in [-0.1, -0.05) is 29.3 Å². The Hall–Kier alpha value is -2.29. The SMILES string of the molecule is C[C@H](CCO)Nc1nc2c(c(=O)n(C)c(=O)n2C)n1Cc1c(Cl)cccc1Cl. The monoisotopic (exact) mass is 425 g/mol. The molecule has 0 saturated carbocycles. The van der Waals surface area contributed by atoms with Gasteiger partial charge in [0.15, 0.2) is 11.2 Å². The fourth-order valence-corrected chi connectivity index (χ4v) is 3.56. The number of aromatic nitrogens is 4. The van der Waals surface area contributed by atoms with Crippen molar-refractivity contribution < 1.29 is 5.11 Å². The summed E-state index contributed by atoms with van der Waals surface area (Å²) >= 11 is 12.6. The topological polar surface area (TPSA) is 94.1 Å². The minimum atomic E-state index is -0.465. The number of hydrogen-bond acceptors (Lipinski definition) is 5. The van der Waals surface area contributed by atoms with E-state index in [1.54, 1.807) is 29.8 Å². The Bertz CT molecular complexity index is 1130. The van der Waals surface area contributed by atoms with Crippen molar-refractivity contribution in [3.8, 4) is 0 Å². The fourth-order valence-electron chi connectivity index (χ4n) is 3.04. The molecular formula is C18H21Cl2N5O3. The maximum absolute atomic E-state index is 12.9. The highest BCUT2D eigenvalue weighted by molar-refractivity contribution is 6.36. The molecule has 3 rings (SSSR count). The van der Waals surface area contributed by atoms with Gasteiger partial charge in [-0.3, -0.25) is 18.5 Å². The molecule has 0 aliphatic heterocycles. The Morgan fingerprint density at radius 3 is 2.43 bits per heavy atom. The molecule has 0 amide bonds. The van der Waals surface area contributed by atoms with Crippen molar-refractivity contribution in [3.63, 3.8) is 0 Å². The third-order valence-corrected chi connectivity index (χ3v) is 5.37. The molecule has 0 fully saturated rings. The zero-order valence-electron chi connectivity index (χ0n) is 15.7. The summed E-state index contributed by atoms with van der Waals surface area (Å²) in [5.74, 6) is 0.394. The minimum Gasteiger partial charge on any atom is -0.396 e. The first-order valence-corrected chi connectivity index (χ1v) is 9.48. The molecule has 0 spiro atoms. The largest absolute Gasteiger partial charge is 0.396 e. The number of nitrogens with one attached hydrogen (secondary N) is 1. The van der Waals surface area contributed by atoms with Crippen LogP contribution >= 0.6 is 23.2 Å². The molecule has 2 aromatic heterocycles. The van der Waals surface area contributed by atoms with E-state index in [0.717, 1.165) is 4.57 Å². The summed E-state index contributed by atoms with van der Waals surface area (Å²) in [6.07, 6.45) is 0.493. The number of aliphatic hydroxyl groups excluding tert-OH is 1. The molecule has 0 aliphatic rings. The molecule has 0 radical (unpaired) electrons. The van der Waals surface area contributed by atoms with Crippen LogP contribution in [-0.2, 0) is 20.6 Å². The van der Waals surface area contributed by atoms with Crippen LogP contribution in [0.3, 0.4) is 0 Å². The van der Waals surface area contributed by atoms with Crippen molar-refractivity contribution in [2.75, 3.05) is 11.9 Å². The molecule has 1 aromatic carbocycles. The molecule has 3 aromatic rings. The molecule has 2 heterocycles. The number of imidazole rings is 1. The molecule has 8 nitrogen and oxygen atoms in total. The van der Waals surface area contributed by atoms with Gasteiger partial charge in [-0.15, -0.1) is 0 Å². The van der Waals surface area contributed by atoms with Gasteiger partial charge in [0.05, 0.1) is 6.54 Å². The van der Waals surface area contributed by atoms with E-state index in [0.29, 0.717) is 28.0 Å². The number of aliphatic hydroxyl groups is 1. The van der Waals surface area contributed by atoms with Crippen LogP contribution in [0.15, 0.2) is 27.8 Å². The molecular weight excluding hydrogens is 405 g/mol. The van der Waals surface area contributed by atoms with Crippen LogP contribution in [0.2, 0.25) is 10.0 Å². The van der Waals surface area contributed by atoms with Gasteiger partial charge in [-0.05, 0) is 25.5 Å². The lowest BCUT2D eigenvalue weighted by atomic mass is 10.2. The van der Waals surface area contributed by atoms with E-state index in [4.69, 9.17) is 23.2 Å². The number of rotatable bonds is 6. The van der Waals surface area contributed by atoms with Gasteiger partial charge in [0.25, 0.3) is 5.56 Å². The van der Waals surface area contributed by atoms with Crippen molar-refractivity contribution >= 4 is 40.3 Å². The van der Waals surface area contributed by atoms with E-state index >= 15 is 0 Å². The van der Waals surface area contributed by atoms with Crippen molar-refractivity contribution in [1.82, 2.24) is 18.7 Å². The third kappa shape index (κ3) is 3.55. The fraction of sp³-hybridized carbons (Fsp3) is 0.389. The summed E-state index contributed by atoms with van der Waals surface area (Å²) < 4.78 is 4.02. The predicted octanol–water partition coefficient (Wildman–Crippen LogP) is 1.97. The maximum Gasteiger partial charge on any atom is 0.332 e. The molecule has 28 heavy (non-hydrogen) atoms. The molecule has 150 valence electrons. The highest BCUT2D eigenvalue weighted by Crippen LogP contribution is 2.28. The normalized spacial score (nSPS) is 12.5. The number of halogens is 2. The van der Waals surface area contributed by atoms with Crippen LogP contribution in [0.1, 0.15) is 18.9 Å². The second-order valence-corrected chi connectivity index (χ2v) is 7.47. The Morgan fingerprint density at radius 1 is 1.18 bits per heavy atom. The van der Waals surface area contributed by atoms with Gasteiger partial charge in [-0.2, -0.15) is 4.98 Å². The lowest BCUT2D eigenvalue weighted by Crippen LogP contribution is -2.37. The van der Waals surface area contributed by atoms with Crippen molar-refractivity contribution in [2.24, 2.45) is 14.1 Å². The van der Waals surface area contributed by atoms with E-state index in [9.17, 15) is 14.7 Å². The summed E-state index contributed by atoms with van der Waals surface area (Å²) in [6, 6.07) is 5.07. The molecule has 0 saturated heterocycles. The zero-order chi connectivity index (χ0) is 20.6. The van der Waals surface area contributed by atoms with Crippen LogP contribution in [0, 0.1) is 0 Å². The van der Waals surface area contributed by atoms with E-state index in [-0.39, 0.29) is 30.4 Å². The molecule has 10 heteroatoms. The van der Waals surface area contributed by atoms with Crippen LogP contribution in [0.4, 0.5) is 5.95 Å². The van der Waals surface area contributed by atoms with Crippen LogP contribution in [0.5, 0.6) is 0 Å². The molecule has 1 atom stereocenters. The highest BCUT2D eigenvalue weighted by atomic mass is 35.5. The summed E-state index contributed by atoms with van der Waals surface area (Å²) in [4.78, 5) is 29.6. The summed E-state index contributed by atoms with van der Waals surface area (Å²) in [7, 11) is 2.98. The molecule has 0 bridgehead atoms. The Labute approximate surface area is 170 Å². The van der Waals surface area contributed by atoms with Gasteiger partial charge in [0.1, 0.15) is 0 Å². The van der Waals surface area contributed by atoms with Crippen molar-refractivity contribution in [1.29, 1.82) is 0 Å². The molecule has 2 N–H and O–H groups in total. The number of fused-ring (bicyclic) bond motifs is 1. The first-order chi connectivity index (χ1) is 13.3. The Morgan fingerprint density at radius 2 is 1.82 bits per heavy atom. The predicted molar refractivity (Wildman–Crippen MR) is 111 cm³/mol. The van der Waals surface area contributed by atoms with Gasteiger partial charge in [0.2, 0.25) is 5.95 Å². The Kier molecular flexibility index (Phi) is 5.83. The number of benzene rings is 1. The maximum atomic E-state index is 12.9. The number of aryl methyl sites for hydroxylation is 1. The number of anilines is 1. The van der Waals surface area contributed by atoms with E-state index in [1.807, 2.05) is 6.92 Å². The molecule has 0 aliphatic carbocycles. The second kappa shape index (κ2) is 7.98. The summed E-state index contributed by atoms with van der Waals surface area (Å²) in [5, 5.41) is 13.3. The van der Waals surface area contributed by atoms with Gasteiger partial charge in [0, 0.05) is 42.4 Å². The van der Waals surface area contributed by atoms with Crippen LogP contribution < -0.4 is 16.6 Å². The number of hydrogen-bond donors (Lipinski definition) is 2. The molecule has 0 unspecified atom stereocenters. The lowest BCUT2D eigenvalue weighted by Gasteiger charge is -2.16. The van der Waals surface area contributed by atoms with Crippen LogP contribution in [0.25, 0.3) is 11.2 Å². The van der Waals surface area contributed by atoms with Crippen LogP contribution in [-0.4, -0.2) is 36.4 Å². The van der Waals surface area contributed by atoms with Gasteiger partial charge >= 0.3 is 5.69 Å². The van der Waals surface area contributed by atoms with E-state index in [2.05, 4.69) is 10.3 Å². The van der Waals surface area contributed by atoms with Crippen molar-refractivity contribution in [2.45, 2.75) is 25.9 Å². The number of nitrogens with zero attached hydrogens (tertiary/aromatic N) is 4. The Balaban J connectivity index is 2.28. The average molecular weight is 426 g/mol. The average Bonchev–Trinajstić information content (AvgIpc) is 2.99. The van der Waals surface area contributed by atoms with Crippen molar-refractivity contribution in [3.05, 3.63) is 54.6 Å².